The highest BCUT2D eigenvalue weighted by Crippen LogP contribution is 2.28. The van der Waals surface area contributed by atoms with Crippen molar-refractivity contribution >= 4 is 17.6 Å². The van der Waals surface area contributed by atoms with Gasteiger partial charge in [-0.1, -0.05) is 23.7 Å². The third-order valence-corrected chi connectivity index (χ3v) is 2.79. The van der Waals surface area contributed by atoms with E-state index < -0.39 is 11.8 Å². The molecule has 0 saturated carbocycles. The minimum atomic E-state index is -0.570. The monoisotopic (exact) mass is 279 g/mol. The number of nitrogens with zero attached hydrogens (tertiary/aromatic N) is 1. The Morgan fingerprint density at radius 1 is 1.42 bits per heavy atom. The summed E-state index contributed by atoms with van der Waals surface area (Å²) in [4.78, 5) is 16.0. The lowest BCUT2D eigenvalue weighted by Crippen LogP contribution is -2.08. The molecule has 98 valence electrons. The number of aromatic nitrogens is 1. The van der Waals surface area contributed by atoms with Crippen LogP contribution in [-0.4, -0.2) is 17.6 Å². The molecule has 0 aliphatic carbocycles. The second kappa shape index (κ2) is 5.80. The molecule has 0 unspecified atom stereocenters. The lowest BCUT2D eigenvalue weighted by molar-refractivity contribution is 0.0527. The summed E-state index contributed by atoms with van der Waals surface area (Å²) in [6.45, 7) is 1.93. The lowest BCUT2D eigenvalue weighted by Gasteiger charge is -2.09. The summed E-state index contributed by atoms with van der Waals surface area (Å²) in [7, 11) is 0. The van der Waals surface area contributed by atoms with Crippen LogP contribution < -0.4 is 0 Å². The predicted molar refractivity (Wildman–Crippen MR) is 70.6 cm³/mol. The Morgan fingerprint density at radius 2 is 2.21 bits per heavy atom. The van der Waals surface area contributed by atoms with E-state index in [4.69, 9.17) is 16.3 Å². The topological polar surface area (TPSA) is 39.2 Å². The van der Waals surface area contributed by atoms with Crippen molar-refractivity contribution < 1.29 is 13.9 Å². The molecule has 0 fully saturated rings. The van der Waals surface area contributed by atoms with Gasteiger partial charge in [-0.25, -0.2) is 9.18 Å². The van der Waals surface area contributed by atoms with Crippen molar-refractivity contribution in [3.8, 4) is 11.3 Å². The Bertz CT molecular complexity index is 616. The van der Waals surface area contributed by atoms with Gasteiger partial charge in [-0.2, -0.15) is 0 Å². The molecule has 3 nitrogen and oxygen atoms in total. The quantitative estimate of drug-likeness (QED) is 0.804. The highest BCUT2D eigenvalue weighted by molar-refractivity contribution is 6.34. The number of halogens is 2. The van der Waals surface area contributed by atoms with Gasteiger partial charge in [0.1, 0.15) is 11.4 Å². The van der Waals surface area contributed by atoms with Gasteiger partial charge in [-0.15, -0.1) is 0 Å². The van der Waals surface area contributed by atoms with Gasteiger partial charge >= 0.3 is 5.97 Å². The Morgan fingerprint density at radius 3 is 2.89 bits per heavy atom. The summed E-state index contributed by atoms with van der Waals surface area (Å²) in [6, 6.07) is 7.31. The molecule has 0 N–H and O–H groups in total. The van der Waals surface area contributed by atoms with Crippen LogP contribution in [0.2, 0.25) is 5.02 Å². The summed E-state index contributed by atoms with van der Waals surface area (Å²) in [6.07, 6.45) is 1.46. The van der Waals surface area contributed by atoms with Gasteiger partial charge in [0.25, 0.3) is 0 Å². The molecule has 0 radical (unpaired) electrons. The van der Waals surface area contributed by atoms with Crippen molar-refractivity contribution in [2.45, 2.75) is 6.92 Å². The fourth-order valence-corrected chi connectivity index (χ4v) is 1.91. The zero-order valence-corrected chi connectivity index (χ0v) is 10.9. The van der Waals surface area contributed by atoms with E-state index in [2.05, 4.69) is 4.98 Å². The molecule has 0 bridgehead atoms. The third kappa shape index (κ3) is 2.90. The number of ether oxygens (including phenoxy) is 1. The van der Waals surface area contributed by atoms with E-state index in [0.717, 1.165) is 0 Å². The van der Waals surface area contributed by atoms with E-state index >= 15 is 0 Å². The van der Waals surface area contributed by atoms with Gasteiger partial charge in [0, 0.05) is 11.8 Å². The molecule has 0 atom stereocenters. The number of hydrogen-bond acceptors (Lipinski definition) is 3. The van der Waals surface area contributed by atoms with Gasteiger partial charge in [0.05, 0.1) is 17.3 Å². The molecule has 19 heavy (non-hydrogen) atoms. The average molecular weight is 280 g/mol. The second-order valence-corrected chi connectivity index (χ2v) is 4.15. The number of carbonyl (C=O) groups is 1. The van der Waals surface area contributed by atoms with Crippen molar-refractivity contribution in [1.82, 2.24) is 4.98 Å². The molecular formula is C14H11ClFNO2. The van der Waals surface area contributed by atoms with Gasteiger partial charge in [0.15, 0.2) is 0 Å². The first kappa shape index (κ1) is 13.5. The number of benzene rings is 1. The number of rotatable bonds is 3. The Kier molecular flexibility index (Phi) is 4.12. The largest absolute Gasteiger partial charge is 0.462 e. The standard InChI is InChI=1S/C14H11ClFNO2/c1-2-19-14(18)12-11(15)6-7-17-13(12)9-4-3-5-10(16)8-9/h3-8H,2H2,1H3. The molecule has 0 aliphatic rings. The van der Waals surface area contributed by atoms with Gasteiger partial charge in [-0.05, 0) is 25.1 Å². The molecule has 0 saturated heterocycles. The predicted octanol–water partition coefficient (Wildman–Crippen LogP) is 3.72. The summed E-state index contributed by atoms with van der Waals surface area (Å²) >= 11 is 6.02. The smallest absolute Gasteiger partial charge is 0.341 e. The van der Waals surface area contributed by atoms with E-state index in [-0.39, 0.29) is 17.2 Å². The zero-order chi connectivity index (χ0) is 13.8. The van der Waals surface area contributed by atoms with E-state index in [1.54, 1.807) is 19.1 Å². The molecule has 2 aromatic rings. The Labute approximate surface area is 115 Å². The molecule has 1 aromatic carbocycles. The van der Waals surface area contributed by atoms with Gasteiger partial charge in [-0.3, -0.25) is 4.98 Å². The second-order valence-electron chi connectivity index (χ2n) is 3.75. The molecule has 1 heterocycles. The van der Waals surface area contributed by atoms with Crippen molar-refractivity contribution in [1.29, 1.82) is 0 Å². The molecule has 0 aliphatic heterocycles. The molecule has 0 amide bonds. The number of pyridine rings is 1. The first-order valence-corrected chi connectivity index (χ1v) is 6.09. The highest BCUT2D eigenvalue weighted by Gasteiger charge is 2.19. The first-order valence-electron chi connectivity index (χ1n) is 5.71. The van der Waals surface area contributed by atoms with E-state index in [1.165, 1.54) is 24.4 Å². The van der Waals surface area contributed by atoms with Crippen LogP contribution in [0.5, 0.6) is 0 Å². The number of esters is 1. The van der Waals surface area contributed by atoms with Crippen molar-refractivity contribution in [2.75, 3.05) is 6.61 Å². The van der Waals surface area contributed by atoms with E-state index in [9.17, 15) is 9.18 Å². The minimum absolute atomic E-state index is 0.150. The summed E-state index contributed by atoms with van der Waals surface area (Å²) in [5.74, 6) is -0.978. The third-order valence-electron chi connectivity index (χ3n) is 2.48. The van der Waals surface area contributed by atoms with Crippen LogP contribution in [0, 0.1) is 5.82 Å². The summed E-state index contributed by atoms with van der Waals surface area (Å²) in [5, 5.41) is 0.229. The summed E-state index contributed by atoms with van der Waals surface area (Å²) < 4.78 is 18.2. The first-order chi connectivity index (χ1) is 9.13. The van der Waals surface area contributed by atoms with Crippen LogP contribution in [-0.2, 0) is 4.74 Å². The normalized spacial score (nSPS) is 10.3. The highest BCUT2D eigenvalue weighted by atomic mass is 35.5. The summed E-state index contributed by atoms with van der Waals surface area (Å²) in [5.41, 5.74) is 0.938. The maximum atomic E-state index is 13.3. The maximum absolute atomic E-state index is 13.3. The number of hydrogen-bond donors (Lipinski definition) is 0. The number of carbonyl (C=O) groups excluding carboxylic acids is 1. The SMILES string of the molecule is CCOC(=O)c1c(Cl)ccnc1-c1cccc(F)c1. The fourth-order valence-electron chi connectivity index (χ4n) is 1.69. The van der Waals surface area contributed by atoms with Crippen LogP contribution in [0.3, 0.4) is 0 Å². The molecule has 5 heteroatoms. The molecular weight excluding hydrogens is 269 g/mol. The Balaban J connectivity index is 2.57. The van der Waals surface area contributed by atoms with Crippen LogP contribution in [0.15, 0.2) is 36.5 Å². The van der Waals surface area contributed by atoms with Crippen molar-refractivity contribution in [2.24, 2.45) is 0 Å². The van der Waals surface area contributed by atoms with Crippen LogP contribution in [0.1, 0.15) is 17.3 Å². The van der Waals surface area contributed by atoms with Gasteiger partial charge < -0.3 is 4.74 Å². The minimum Gasteiger partial charge on any atom is -0.462 e. The van der Waals surface area contributed by atoms with Crippen molar-refractivity contribution in [3.63, 3.8) is 0 Å². The van der Waals surface area contributed by atoms with Crippen molar-refractivity contribution in [3.05, 3.63) is 52.9 Å². The molecule has 1 aromatic heterocycles. The molecule has 0 spiro atoms. The Hall–Kier alpha value is -1.94. The van der Waals surface area contributed by atoms with Gasteiger partial charge in [0.2, 0.25) is 0 Å². The van der Waals surface area contributed by atoms with E-state index in [0.29, 0.717) is 11.3 Å². The zero-order valence-electron chi connectivity index (χ0n) is 10.2. The van der Waals surface area contributed by atoms with Crippen LogP contribution >= 0.6 is 11.6 Å². The van der Waals surface area contributed by atoms with E-state index in [1.807, 2.05) is 0 Å². The maximum Gasteiger partial charge on any atom is 0.341 e. The fraction of sp³-hybridized carbons (Fsp3) is 0.143. The van der Waals surface area contributed by atoms with Crippen LogP contribution in [0.4, 0.5) is 4.39 Å². The lowest BCUT2D eigenvalue weighted by atomic mass is 10.1. The van der Waals surface area contributed by atoms with Crippen LogP contribution in [0.25, 0.3) is 11.3 Å². The average Bonchev–Trinajstić information content (AvgIpc) is 2.38. The molecule has 2 rings (SSSR count).